The third-order valence-electron chi connectivity index (χ3n) is 3.86. The summed E-state index contributed by atoms with van der Waals surface area (Å²) in [6.07, 6.45) is 0. The van der Waals surface area contributed by atoms with Crippen molar-refractivity contribution in [3.8, 4) is 0 Å². The normalized spacial score (nSPS) is 10.3. The van der Waals surface area contributed by atoms with Gasteiger partial charge in [0.05, 0.1) is 15.6 Å². The highest BCUT2D eigenvalue weighted by Gasteiger charge is 2.18. The van der Waals surface area contributed by atoms with Crippen LogP contribution in [0.3, 0.4) is 0 Å². The van der Waals surface area contributed by atoms with Crippen LogP contribution in [0.4, 0.5) is 5.69 Å². The molecule has 2 amide bonds. The van der Waals surface area contributed by atoms with Crippen LogP contribution in [0.15, 0.2) is 72.8 Å². The molecule has 0 atom stereocenters. The smallest absolute Gasteiger partial charge is 0.257 e. The van der Waals surface area contributed by atoms with Crippen molar-refractivity contribution in [3.63, 3.8) is 0 Å². The minimum atomic E-state index is -0.439. The van der Waals surface area contributed by atoms with E-state index in [9.17, 15) is 9.59 Å². The second-order valence-corrected chi connectivity index (χ2v) is 6.59. The fraction of sp³-hybridized carbons (Fsp3) is 0.0476. The van der Waals surface area contributed by atoms with Gasteiger partial charge in [0.2, 0.25) is 0 Å². The topological polar surface area (TPSA) is 58.2 Å². The van der Waals surface area contributed by atoms with Gasteiger partial charge in [0.1, 0.15) is 0 Å². The third kappa shape index (κ3) is 4.88. The summed E-state index contributed by atoms with van der Waals surface area (Å²) < 4.78 is 0. The molecule has 0 radical (unpaired) electrons. The van der Waals surface area contributed by atoms with Crippen molar-refractivity contribution in [2.24, 2.45) is 0 Å². The molecule has 0 spiro atoms. The van der Waals surface area contributed by atoms with Crippen LogP contribution >= 0.6 is 23.2 Å². The maximum Gasteiger partial charge on any atom is 0.257 e. The first-order valence-corrected chi connectivity index (χ1v) is 8.98. The van der Waals surface area contributed by atoms with E-state index < -0.39 is 5.91 Å². The number of carbonyl (C=O) groups excluding carboxylic acids is 2. The van der Waals surface area contributed by atoms with E-state index in [0.717, 1.165) is 5.56 Å². The maximum absolute atomic E-state index is 12.6. The highest BCUT2D eigenvalue weighted by atomic mass is 35.5. The molecule has 0 saturated carbocycles. The first-order chi connectivity index (χ1) is 13.0. The molecule has 0 aliphatic rings. The van der Waals surface area contributed by atoms with Gasteiger partial charge in [-0.05, 0) is 29.8 Å². The zero-order valence-corrected chi connectivity index (χ0v) is 15.7. The van der Waals surface area contributed by atoms with E-state index in [1.807, 2.05) is 36.4 Å². The first kappa shape index (κ1) is 19.0. The number of para-hydroxylation sites is 1. The lowest BCUT2D eigenvalue weighted by atomic mass is 10.1. The van der Waals surface area contributed by atoms with Crippen LogP contribution < -0.4 is 10.6 Å². The highest BCUT2D eigenvalue weighted by Crippen LogP contribution is 2.28. The van der Waals surface area contributed by atoms with Crippen molar-refractivity contribution < 1.29 is 9.59 Å². The SMILES string of the molecule is O=C(NCc1ccccc1)c1cc(Cl)c(Cl)c(C(=O)Nc2ccccc2)c1. The predicted octanol–water partition coefficient (Wildman–Crippen LogP) is 5.18. The number of hydrogen-bond donors (Lipinski definition) is 2. The highest BCUT2D eigenvalue weighted by molar-refractivity contribution is 6.44. The van der Waals surface area contributed by atoms with Crippen molar-refractivity contribution in [2.45, 2.75) is 6.54 Å². The van der Waals surface area contributed by atoms with Gasteiger partial charge in [-0.15, -0.1) is 0 Å². The number of carbonyl (C=O) groups is 2. The Morgan fingerprint density at radius 3 is 2.11 bits per heavy atom. The fourth-order valence-corrected chi connectivity index (χ4v) is 2.90. The Labute approximate surface area is 167 Å². The molecular weight excluding hydrogens is 383 g/mol. The standard InChI is InChI=1S/C21H16Cl2N2O2/c22-18-12-15(20(26)24-13-14-7-3-1-4-8-14)11-17(19(18)23)21(27)25-16-9-5-2-6-10-16/h1-12H,13H2,(H,24,26)(H,25,27). The largest absolute Gasteiger partial charge is 0.348 e. The average Bonchev–Trinajstić information content (AvgIpc) is 2.69. The molecule has 136 valence electrons. The molecule has 0 aromatic heterocycles. The van der Waals surface area contributed by atoms with Crippen molar-refractivity contribution in [1.29, 1.82) is 0 Å². The van der Waals surface area contributed by atoms with Crippen molar-refractivity contribution in [3.05, 3.63) is 99.5 Å². The number of halogens is 2. The zero-order valence-electron chi connectivity index (χ0n) is 14.2. The predicted molar refractivity (Wildman–Crippen MR) is 108 cm³/mol. The van der Waals surface area contributed by atoms with Gasteiger partial charge in [-0.1, -0.05) is 71.7 Å². The van der Waals surface area contributed by atoms with Crippen LogP contribution in [0, 0.1) is 0 Å². The summed E-state index contributed by atoms with van der Waals surface area (Å²) in [6, 6.07) is 21.4. The maximum atomic E-state index is 12.6. The molecule has 27 heavy (non-hydrogen) atoms. The Bertz CT molecular complexity index is 961. The van der Waals surface area contributed by atoms with E-state index in [-0.39, 0.29) is 27.1 Å². The van der Waals surface area contributed by atoms with Crippen LogP contribution in [-0.4, -0.2) is 11.8 Å². The lowest BCUT2D eigenvalue weighted by Gasteiger charge is -2.11. The van der Waals surface area contributed by atoms with Gasteiger partial charge in [-0.2, -0.15) is 0 Å². The summed E-state index contributed by atoms with van der Waals surface area (Å²) in [5.74, 6) is -0.781. The lowest BCUT2D eigenvalue weighted by Crippen LogP contribution is -2.23. The molecule has 3 aromatic rings. The fourth-order valence-electron chi connectivity index (χ4n) is 2.49. The molecule has 0 saturated heterocycles. The van der Waals surface area contributed by atoms with Gasteiger partial charge < -0.3 is 10.6 Å². The van der Waals surface area contributed by atoms with Gasteiger partial charge in [0, 0.05) is 17.8 Å². The summed E-state index contributed by atoms with van der Waals surface area (Å²) in [5.41, 5.74) is 1.98. The van der Waals surface area contributed by atoms with Gasteiger partial charge in [-0.3, -0.25) is 9.59 Å². The molecule has 4 nitrogen and oxygen atoms in total. The van der Waals surface area contributed by atoms with Crippen LogP contribution in [0.5, 0.6) is 0 Å². The third-order valence-corrected chi connectivity index (χ3v) is 4.66. The minimum absolute atomic E-state index is 0.102. The Balaban J connectivity index is 1.78. The number of hydrogen-bond acceptors (Lipinski definition) is 2. The molecule has 0 heterocycles. The van der Waals surface area contributed by atoms with E-state index >= 15 is 0 Å². The summed E-state index contributed by atoms with van der Waals surface area (Å²) in [5, 5.41) is 5.78. The molecule has 0 bridgehead atoms. The summed E-state index contributed by atoms with van der Waals surface area (Å²) in [7, 11) is 0. The first-order valence-electron chi connectivity index (χ1n) is 8.22. The molecule has 0 fully saturated rings. The summed E-state index contributed by atoms with van der Waals surface area (Å²) in [6.45, 7) is 0.367. The zero-order chi connectivity index (χ0) is 19.2. The number of nitrogens with one attached hydrogen (secondary N) is 2. The number of benzene rings is 3. The molecule has 0 unspecified atom stereocenters. The van der Waals surface area contributed by atoms with Gasteiger partial charge in [0.25, 0.3) is 11.8 Å². The molecule has 0 aliphatic heterocycles. The van der Waals surface area contributed by atoms with Crippen molar-refractivity contribution >= 4 is 40.7 Å². The number of rotatable bonds is 5. The number of anilines is 1. The monoisotopic (exact) mass is 398 g/mol. The lowest BCUT2D eigenvalue weighted by molar-refractivity contribution is 0.0951. The molecule has 0 aliphatic carbocycles. The van der Waals surface area contributed by atoms with E-state index in [4.69, 9.17) is 23.2 Å². The van der Waals surface area contributed by atoms with Crippen LogP contribution in [0.1, 0.15) is 26.3 Å². The van der Waals surface area contributed by atoms with Crippen LogP contribution in [0.2, 0.25) is 10.0 Å². The quantitative estimate of drug-likeness (QED) is 0.622. The van der Waals surface area contributed by atoms with E-state index in [1.54, 1.807) is 24.3 Å². The van der Waals surface area contributed by atoms with E-state index in [1.165, 1.54) is 12.1 Å². The second-order valence-electron chi connectivity index (χ2n) is 5.81. The molecule has 6 heteroatoms. The summed E-state index contributed by atoms with van der Waals surface area (Å²) in [4.78, 5) is 25.0. The van der Waals surface area contributed by atoms with Gasteiger partial charge >= 0.3 is 0 Å². The van der Waals surface area contributed by atoms with Gasteiger partial charge in [0.15, 0.2) is 0 Å². The summed E-state index contributed by atoms with van der Waals surface area (Å²) >= 11 is 12.3. The van der Waals surface area contributed by atoms with Crippen molar-refractivity contribution in [2.75, 3.05) is 5.32 Å². The molecule has 3 aromatic carbocycles. The van der Waals surface area contributed by atoms with Crippen molar-refractivity contribution in [1.82, 2.24) is 5.32 Å². The Hall–Kier alpha value is -2.82. The van der Waals surface area contributed by atoms with E-state index in [0.29, 0.717) is 12.2 Å². The average molecular weight is 399 g/mol. The Morgan fingerprint density at radius 2 is 1.44 bits per heavy atom. The minimum Gasteiger partial charge on any atom is -0.348 e. The molecular formula is C21H16Cl2N2O2. The van der Waals surface area contributed by atoms with Crippen LogP contribution in [-0.2, 0) is 6.54 Å². The Kier molecular flexibility index (Phi) is 6.12. The Morgan fingerprint density at radius 1 is 0.815 bits per heavy atom. The van der Waals surface area contributed by atoms with Gasteiger partial charge in [-0.25, -0.2) is 0 Å². The van der Waals surface area contributed by atoms with Crippen LogP contribution in [0.25, 0.3) is 0 Å². The molecule has 3 rings (SSSR count). The van der Waals surface area contributed by atoms with E-state index in [2.05, 4.69) is 10.6 Å². The molecule has 2 N–H and O–H groups in total. The second kappa shape index (κ2) is 8.71. The number of amides is 2.